The number of rotatable bonds is 4. The summed E-state index contributed by atoms with van der Waals surface area (Å²) in [5.74, 6) is 0. The number of hydrogen-bond acceptors (Lipinski definition) is 2. The van der Waals surface area contributed by atoms with Crippen LogP contribution in [0.3, 0.4) is 0 Å². The molecular weight excluding hydrogens is 435 g/mol. The number of aryl methyl sites for hydroxylation is 2. The van der Waals surface area contributed by atoms with Crippen LogP contribution in [0.25, 0.3) is 16.9 Å². The van der Waals surface area contributed by atoms with E-state index in [1.165, 1.54) is 9.36 Å². The maximum Gasteiger partial charge on any atom is 0.279 e. The highest BCUT2D eigenvalue weighted by Crippen LogP contribution is 2.25. The molecule has 0 spiro atoms. The molecule has 158 valence electrons. The lowest BCUT2D eigenvalue weighted by Gasteiger charge is -2.04. The fraction of sp³-hybridized carbons (Fsp3) is 0.130. The van der Waals surface area contributed by atoms with Crippen molar-refractivity contribution in [3.05, 3.63) is 108 Å². The third-order valence-electron chi connectivity index (χ3n) is 5.10. The summed E-state index contributed by atoms with van der Waals surface area (Å²) in [7, 11) is 0. The van der Waals surface area contributed by atoms with Crippen LogP contribution in [0.1, 0.15) is 29.4 Å². The number of halogens is 2. The first-order chi connectivity index (χ1) is 14.8. The highest BCUT2D eigenvalue weighted by atomic mass is 35.5. The summed E-state index contributed by atoms with van der Waals surface area (Å²) >= 11 is 12.2. The van der Waals surface area contributed by atoms with E-state index in [1.807, 2.05) is 0 Å². The van der Waals surface area contributed by atoms with E-state index in [0.717, 1.165) is 0 Å². The number of allylic oxidation sites excluding steroid dienone is 1. The Balaban J connectivity index is 1.89. The van der Waals surface area contributed by atoms with Crippen LogP contribution < -0.4 is 11.1 Å². The fourth-order valence-electron chi connectivity index (χ4n) is 3.74. The summed E-state index contributed by atoms with van der Waals surface area (Å²) in [5.41, 5.74) is 3.41. The first kappa shape index (κ1) is 21.0. The quantitative estimate of drug-likeness (QED) is 0.454. The first-order valence-electron chi connectivity index (χ1n) is 9.64. The Morgan fingerprint density at radius 3 is 1.58 bits per heavy atom. The van der Waals surface area contributed by atoms with Gasteiger partial charge in [-0.3, -0.25) is 19.8 Å². The zero-order valence-electron chi connectivity index (χ0n) is 17.2. The molecule has 4 rings (SSSR count). The van der Waals surface area contributed by atoms with E-state index < -0.39 is 0 Å². The number of aromatic amines is 2. The van der Waals surface area contributed by atoms with Crippen molar-refractivity contribution in [3.63, 3.8) is 0 Å². The van der Waals surface area contributed by atoms with Crippen molar-refractivity contribution in [3.8, 4) is 11.4 Å². The Hall–Kier alpha value is -3.22. The molecule has 0 saturated heterocycles. The summed E-state index contributed by atoms with van der Waals surface area (Å²) in [6, 6.07) is 14.0. The molecule has 0 unspecified atom stereocenters. The van der Waals surface area contributed by atoms with Gasteiger partial charge in [-0.15, -0.1) is 0 Å². The van der Waals surface area contributed by atoms with Crippen LogP contribution in [-0.2, 0) is 0 Å². The van der Waals surface area contributed by atoms with Crippen molar-refractivity contribution in [1.82, 2.24) is 19.6 Å². The molecular formula is C23H20Cl2N4O2. The average molecular weight is 455 g/mol. The number of hydrogen-bond donors (Lipinski definition) is 2. The van der Waals surface area contributed by atoms with Gasteiger partial charge in [-0.1, -0.05) is 41.4 Å². The maximum absolute atomic E-state index is 13.3. The average Bonchev–Trinajstić information content (AvgIpc) is 3.19. The lowest BCUT2D eigenvalue weighted by atomic mass is 9.98. The van der Waals surface area contributed by atoms with Gasteiger partial charge in [0.2, 0.25) is 0 Å². The van der Waals surface area contributed by atoms with Crippen LogP contribution in [0.15, 0.2) is 64.2 Å². The van der Waals surface area contributed by atoms with E-state index in [2.05, 4.69) is 10.2 Å². The van der Waals surface area contributed by atoms with Crippen LogP contribution in [0.4, 0.5) is 0 Å². The van der Waals surface area contributed by atoms with Gasteiger partial charge in [0, 0.05) is 21.4 Å². The number of benzene rings is 2. The standard InChI is InChI=1S/C23H20Cl2N4O2/c1-4-19(20-13(2)26-28(22(20)30)17-9-5-7-15(24)11-17)21-14(3)27-29(23(21)31)18-10-6-8-16(25)12-18/h4-12,26-27H,1-3H3. The van der Waals surface area contributed by atoms with Gasteiger partial charge in [0.05, 0.1) is 22.5 Å². The highest BCUT2D eigenvalue weighted by molar-refractivity contribution is 6.31. The van der Waals surface area contributed by atoms with Crippen molar-refractivity contribution < 1.29 is 0 Å². The Labute approximate surface area is 188 Å². The van der Waals surface area contributed by atoms with Gasteiger partial charge in [-0.05, 0) is 62.7 Å². The first-order valence-corrected chi connectivity index (χ1v) is 10.4. The van der Waals surface area contributed by atoms with Crippen LogP contribution in [0.2, 0.25) is 10.0 Å². The van der Waals surface area contributed by atoms with Crippen LogP contribution >= 0.6 is 23.2 Å². The Morgan fingerprint density at radius 2 is 1.23 bits per heavy atom. The summed E-state index contributed by atoms with van der Waals surface area (Å²) in [6.45, 7) is 5.41. The second-order valence-electron chi connectivity index (χ2n) is 7.17. The predicted octanol–water partition coefficient (Wildman–Crippen LogP) is 5.02. The minimum absolute atomic E-state index is 0.262. The molecule has 0 atom stereocenters. The molecule has 6 nitrogen and oxygen atoms in total. The third kappa shape index (κ3) is 3.69. The fourth-order valence-corrected chi connectivity index (χ4v) is 4.10. The lowest BCUT2D eigenvalue weighted by molar-refractivity contribution is 0.835. The van der Waals surface area contributed by atoms with Crippen LogP contribution in [0.5, 0.6) is 0 Å². The topological polar surface area (TPSA) is 75.6 Å². The molecule has 0 radical (unpaired) electrons. The molecule has 0 fully saturated rings. The van der Waals surface area contributed by atoms with E-state index in [9.17, 15) is 9.59 Å². The third-order valence-corrected chi connectivity index (χ3v) is 5.57. The maximum atomic E-state index is 13.3. The Bertz CT molecular complexity index is 1330. The lowest BCUT2D eigenvalue weighted by Crippen LogP contribution is -2.21. The molecule has 4 aromatic rings. The minimum Gasteiger partial charge on any atom is -0.295 e. The van der Waals surface area contributed by atoms with Crippen molar-refractivity contribution in [2.24, 2.45) is 0 Å². The molecule has 2 heterocycles. The SMILES string of the molecule is CC=C(c1c(C)[nH]n(-c2cccc(Cl)c2)c1=O)c1c(C)[nH]n(-c2cccc(Cl)c2)c1=O. The molecule has 31 heavy (non-hydrogen) atoms. The second kappa shape index (κ2) is 8.13. The zero-order valence-corrected chi connectivity index (χ0v) is 18.7. The van der Waals surface area contributed by atoms with E-state index >= 15 is 0 Å². The minimum atomic E-state index is -0.262. The Kier molecular flexibility index (Phi) is 5.52. The predicted molar refractivity (Wildman–Crippen MR) is 125 cm³/mol. The Morgan fingerprint density at radius 1 is 0.806 bits per heavy atom. The van der Waals surface area contributed by atoms with Crippen molar-refractivity contribution in [2.45, 2.75) is 20.8 Å². The van der Waals surface area contributed by atoms with E-state index in [-0.39, 0.29) is 11.1 Å². The van der Waals surface area contributed by atoms with Gasteiger partial charge >= 0.3 is 0 Å². The molecule has 0 aliphatic rings. The van der Waals surface area contributed by atoms with E-state index in [4.69, 9.17) is 23.2 Å². The van der Waals surface area contributed by atoms with Crippen molar-refractivity contribution in [1.29, 1.82) is 0 Å². The molecule has 0 amide bonds. The number of aromatic nitrogens is 4. The van der Waals surface area contributed by atoms with Crippen LogP contribution in [0, 0.1) is 13.8 Å². The molecule has 0 saturated carbocycles. The van der Waals surface area contributed by atoms with Gasteiger partial charge in [0.15, 0.2) is 0 Å². The zero-order chi connectivity index (χ0) is 22.3. The molecule has 2 aromatic heterocycles. The van der Waals surface area contributed by atoms with E-state index in [1.54, 1.807) is 75.4 Å². The molecule has 2 aromatic carbocycles. The van der Waals surface area contributed by atoms with Crippen LogP contribution in [-0.4, -0.2) is 19.6 Å². The molecule has 2 N–H and O–H groups in total. The van der Waals surface area contributed by atoms with Gasteiger partial charge < -0.3 is 0 Å². The summed E-state index contributed by atoms with van der Waals surface area (Å²) in [5, 5.41) is 7.24. The highest BCUT2D eigenvalue weighted by Gasteiger charge is 2.23. The molecule has 0 aliphatic heterocycles. The molecule has 0 bridgehead atoms. The number of nitrogens with one attached hydrogen (secondary N) is 2. The van der Waals surface area contributed by atoms with Gasteiger partial charge in [0.1, 0.15) is 0 Å². The summed E-state index contributed by atoms with van der Waals surface area (Å²) in [4.78, 5) is 26.7. The largest absolute Gasteiger partial charge is 0.295 e. The summed E-state index contributed by atoms with van der Waals surface area (Å²) < 4.78 is 2.86. The number of H-pyrrole nitrogens is 2. The van der Waals surface area contributed by atoms with Crippen molar-refractivity contribution >= 4 is 28.8 Å². The molecule has 0 aliphatic carbocycles. The molecule has 8 heteroatoms. The normalized spacial score (nSPS) is 11.0. The number of nitrogens with zero attached hydrogens (tertiary/aromatic N) is 2. The van der Waals surface area contributed by atoms with Gasteiger partial charge in [-0.25, -0.2) is 9.36 Å². The second-order valence-corrected chi connectivity index (χ2v) is 8.04. The van der Waals surface area contributed by atoms with Crippen molar-refractivity contribution in [2.75, 3.05) is 0 Å². The smallest absolute Gasteiger partial charge is 0.279 e. The monoisotopic (exact) mass is 454 g/mol. The van der Waals surface area contributed by atoms with E-state index in [0.29, 0.717) is 49.5 Å². The van der Waals surface area contributed by atoms with Gasteiger partial charge in [-0.2, -0.15) is 0 Å². The van der Waals surface area contributed by atoms with Gasteiger partial charge in [0.25, 0.3) is 11.1 Å². The summed E-state index contributed by atoms with van der Waals surface area (Å²) in [6.07, 6.45) is 1.78.